The number of nitrogens with one attached hydrogen (secondary N) is 1. The van der Waals surface area contributed by atoms with Crippen LogP contribution in [0.4, 0.5) is 0 Å². The predicted molar refractivity (Wildman–Crippen MR) is 74.0 cm³/mol. The smallest absolute Gasteiger partial charge is 0.140 e. The largest absolute Gasteiger partial charge is 0.409 e. The molecule has 1 heterocycles. The Bertz CT molecular complexity index is 271. The van der Waals surface area contributed by atoms with Crippen molar-refractivity contribution < 1.29 is 5.21 Å². The van der Waals surface area contributed by atoms with Crippen molar-refractivity contribution in [1.29, 1.82) is 0 Å². The molecule has 0 aromatic heterocycles. The summed E-state index contributed by atoms with van der Waals surface area (Å²) in [6.07, 6.45) is 1.57. The summed E-state index contributed by atoms with van der Waals surface area (Å²) in [7, 11) is 4.33. The number of piperazine rings is 1. The van der Waals surface area contributed by atoms with Crippen LogP contribution < -0.4 is 11.1 Å². The fraction of sp³-hybridized carbons (Fsp3) is 0.917. The van der Waals surface area contributed by atoms with Crippen molar-refractivity contribution in [1.82, 2.24) is 15.1 Å². The number of nitrogens with two attached hydrogens (primary N) is 1. The lowest BCUT2D eigenvalue weighted by atomic mass is 10.1. The van der Waals surface area contributed by atoms with Gasteiger partial charge in [0, 0.05) is 44.7 Å². The van der Waals surface area contributed by atoms with Gasteiger partial charge in [-0.3, -0.25) is 4.90 Å². The van der Waals surface area contributed by atoms with Gasteiger partial charge in [-0.2, -0.15) is 0 Å². The maximum absolute atomic E-state index is 8.59. The molecule has 0 radical (unpaired) electrons. The molecule has 6 heteroatoms. The zero-order valence-corrected chi connectivity index (χ0v) is 11.8. The first-order valence-electron chi connectivity index (χ1n) is 6.65. The van der Waals surface area contributed by atoms with E-state index in [1.807, 2.05) is 0 Å². The van der Waals surface area contributed by atoms with E-state index in [9.17, 15) is 0 Å². The molecule has 1 fully saturated rings. The Hall–Kier alpha value is -0.850. The second-order valence-electron chi connectivity index (χ2n) is 5.21. The molecule has 0 spiro atoms. The minimum absolute atomic E-state index is 0.279. The van der Waals surface area contributed by atoms with Gasteiger partial charge in [0.15, 0.2) is 0 Å². The molecule has 1 aliphatic rings. The summed E-state index contributed by atoms with van der Waals surface area (Å²) in [5.74, 6) is 0.295. The van der Waals surface area contributed by atoms with Crippen LogP contribution >= 0.6 is 0 Å². The first kappa shape index (κ1) is 15.2. The van der Waals surface area contributed by atoms with Crippen molar-refractivity contribution >= 4 is 5.84 Å². The van der Waals surface area contributed by atoms with Gasteiger partial charge in [-0.15, -0.1) is 0 Å². The SMILES string of the molecule is CCC(CC(N)=NO)NCC1CN(C)CCN1C. The average molecular weight is 257 g/mol. The van der Waals surface area contributed by atoms with Crippen LogP contribution in [0.1, 0.15) is 19.8 Å². The number of nitrogens with zero attached hydrogens (tertiary/aromatic N) is 3. The average Bonchev–Trinajstić information content (AvgIpc) is 2.37. The molecule has 1 rings (SSSR count). The minimum Gasteiger partial charge on any atom is -0.409 e. The van der Waals surface area contributed by atoms with E-state index in [4.69, 9.17) is 10.9 Å². The summed E-state index contributed by atoms with van der Waals surface area (Å²) >= 11 is 0. The third-order valence-corrected chi connectivity index (χ3v) is 3.70. The molecule has 2 unspecified atom stereocenters. The monoisotopic (exact) mass is 257 g/mol. The minimum atomic E-state index is 0.279. The number of likely N-dealkylation sites (N-methyl/N-ethyl adjacent to an activating group) is 2. The maximum Gasteiger partial charge on any atom is 0.140 e. The quantitative estimate of drug-likeness (QED) is 0.264. The summed E-state index contributed by atoms with van der Waals surface area (Å²) in [5, 5.41) is 15.1. The van der Waals surface area contributed by atoms with Gasteiger partial charge < -0.3 is 21.2 Å². The van der Waals surface area contributed by atoms with E-state index in [0.29, 0.717) is 18.3 Å². The third kappa shape index (κ3) is 4.80. The molecule has 18 heavy (non-hydrogen) atoms. The highest BCUT2D eigenvalue weighted by Gasteiger charge is 2.22. The molecule has 1 aliphatic heterocycles. The Labute approximate surface area is 110 Å². The van der Waals surface area contributed by atoms with Gasteiger partial charge in [-0.05, 0) is 20.5 Å². The Morgan fingerprint density at radius 3 is 2.83 bits per heavy atom. The lowest BCUT2D eigenvalue weighted by Crippen LogP contribution is -2.55. The van der Waals surface area contributed by atoms with Gasteiger partial charge in [0.2, 0.25) is 0 Å². The number of hydrogen-bond donors (Lipinski definition) is 3. The van der Waals surface area contributed by atoms with Crippen LogP contribution in [0.25, 0.3) is 0 Å². The van der Waals surface area contributed by atoms with E-state index >= 15 is 0 Å². The molecule has 2 atom stereocenters. The van der Waals surface area contributed by atoms with E-state index < -0.39 is 0 Å². The standard InChI is InChI=1S/C12H27N5O/c1-4-10(7-12(13)15-18)14-8-11-9-16(2)5-6-17(11)3/h10-11,14,18H,4-9H2,1-3H3,(H2,13,15). The fourth-order valence-corrected chi connectivity index (χ4v) is 2.28. The summed E-state index contributed by atoms with van der Waals surface area (Å²) in [6.45, 7) is 6.38. The van der Waals surface area contributed by atoms with Gasteiger partial charge >= 0.3 is 0 Å². The highest BCUT2D eigenvalue weighted by molar-refractivity contribution is 5.80. The van der Waals surface area contributed by atoms with Crippen LogP contribution in [-0.2, 0) is 0 Å². The molecule has 106 valence electrons. The Kier molecular flexibility index (Phi) is 6.38. The van der Waals surface area contributed by atoms with Crippen LogP contribution in [0.2, 0.25) is 0 Å². The van der Waals surface area contributed by atoms with Crippen molar-refractivity contribution in [2.45, 2.75) is 31.8 Å². The van der Waals surface area contributed by atoms with Crippen LogP contribution in [-0.4, -0.2) is 73.2 Å². The maximum atomic E-state index is 8.59. The van der Waals surface area contributed by atoms with E-state index in [-0.39, 0.29) is 6.04 Å². The van der Waals surface area contributed by atoms with Crippen LogP contribution in [0.5, 0.6) is 0 Å². The highest BCUT2D eigenvalue weighted by atomic mass is 16.4. The molecular weight excluding hydrogens is 230 g/mol. The predicted octanol–water partition coefficient (Wildman–Crippen LogP) is -0.263. The Balaban J connectivity index is 2.37. The van der Waals surface area contributed by atoms with Gasteiger partial charge in [0.05, 0.1) is 0 Å². The molecule has 0 amide bonds. The molecule has 0 saturated carbocycles. The summed E-state index contributed by atoms with van der Waals surface area (Å²) in [6, 6.07) is 0.812. The molecule has 0 aliphatic carbocycles. The van der Waals surface area contributed by atoms with Crippen LogP contribution in [0, 0.1) is 0 Å². The topological polar surface area (TPSA) is 77.1 Å². The Morgan fingerprint density at radius 1 is 1.50 bits per heavy atom. The van der Waals surface area contributed by atoms with Crippen LogP contribution in [0.3, 0.4) is 0 Å². The van der Waals surface area contributed by atoms with E-state index in [1.165, 1.54) is 0 Å². The van der Waals surface area contributed by atoms with E-state index in [1.54, 1.807) is 0 Å². The van der Waals surface area contributed by atoms with Gasteiger partial charge in [-0.25, -0.2) is 0 Å². The molecular formula is C12H27N5O. The van der Waals surface area contributed by atoms with Crippen molar-refractivity contribution in [2.24, 2.45) is 10.9 Å². The van der Waals surface area contributed by atoms with Gasteiger partial charge in [0.1, 0.15) is 5.84 Å². The first-order valence-corrected chi connectivity index (χ1v) is 6.65. The lowest BCUT2D eigenvalue weighted by Gasteiger charge is -2.38. The van der Waals surface area contributed by atoms with E-state index in [0.717, 1.165) is 32.6 Å². The van der Waals surface area contributed by atoms with Crippen LogP contribution in [0.15, 0.2) is 5.16 Å². The highest BCUT2D eigenvalue weighted by Crippen LogP contribution is 2.06. The second-order valence-corrected chi connectivity index (χ2v) is 5.21. The molecule has 6 nitrogen and oxygen atoms in total. The number of oxime groups is 1. The molecule has 1 saturated heterocycles. The van der Waals surface area contributed by atoms with Crippen molar-refractivity contribution in [2.75, 3.05) is 40.3 Å². The normalized spacial score (nSPS) is 25.3. The van der Waals surface area contributed by atoms with Gasteiger partial charge in [0.25, 0.3) is 0 Å². The number of amidine groups is 1. The fourth-order valence-electron chi connectivity index (χ4n) is 2.28. The zero-order chi connectivity index (χ0) is 13.5. The van der Waals surface area contributed by atoms with Crippen molar-refractivity contribution in [3.8, 4) is 0 Å². The first-order chi connectivity index (χ1) is 8.56. The van der Waals surface area contributed by atoms with Crippen molar-refractivity contribution in [3.05, 3.63) is 0 Å². The third-order valence-electron chi connectivity index (χ3n) is 3.70. The summed E-state index contributed by atoms with van der Waals surface area (Å²) < 4.78 is 0. The molecule has 0 bridgehead atoms. The Morgan fingerprint density at radius 2 is 2.22 bits per heavy atom. The molecule has 0 aromatic rings. The summed E-state index contributed by atoms with van der Waals surface area (Å²) in [5.41, 5.74) is 5.55. The molecule has 4 N–H and O–H groups in total. The van der Waals surface area contributed by atoms with E-state index in [2.05, 4.69) is 41.3 Å². The van der Waals surface area contributed by atoms with Gasteiger partial charge in [-0.1, -0.05) is 12.1 Å². The number of hydrogen-bond acceptors (Lipinski definition) is 5. The molecule has 0 aromatic carbocycles. The zero-order valence-electron chi connectivity index (χ0n) is 11.8. The second kappa shape index (κ2) is 7.56. The summed E-state index contributed by atoms with van der Waals surface area (Å²) in [4.78, 5) is 4.75. The number of rotatable bonds is 6. The van der Waals surface area contributed by atoms with Crippen molar-refractivity contribution in [3.63, 3.8) is 0 Å². The lowest BCUT2D eigenvalue weighted by molar-refractivity contribution is 0.111.